The maximum absolute atomic E-state index is 4.75. The molecular formula is C16H26N4. The van der Waals surface area contributed by atoms with Crippen molar-refractivity contribution in [2.24, 2.45) is 13.0 Å². The third-order valence-electron chi connectivity index (χ3n) is 5.30. The summed E-state index contributed by atoms with van der Waals surface area (Å²) in [6, 6.07) is 0.540. The second kappa shape index (κ2) is 5.15. The lowest BCUT2D eigenvalue weighted by Crippen LogP contribution is -2.42. The Kier molecular flexibility index (Phi) is 3.31. The summed E-state index contributed by atoms with van der Waals surface area (Å²) in [5.41, 5.74) is 2.84. The summed E-state index contributed by atoms with van der Waals surface area (Å²) in [5, 5.41) is 0. The molecule has 0 aromatic carbocycles. The molecule has 2 fully saturated rings. The van der Waals surface area contributed by atoms with Crippen molar-refractivity contribution in [2.75, 3.05) is 32.7 Å². The van der Waals surface area contributed by atoms with Crippen molar-refractivity contribution >= 4 is 0 Å². The zero-order chi connectivity index (χ0) is 13.5. The summed E-state index contributed by atoms with van der Waals surface area (Å²) in [4.78, 5) is 10.1. The normalized spacial score (nSPS) is 27.9. The zero-order valence-electron chi connectivity index (χ0n) is 12.6. The van der Waals surface area contributed by atoms with Crippen LogP contribution in [0.5, 0.6) is 0 Å². The lowest BCUT2D eigenvalue weighted by atomic mass is 10.0. The minimum atomic E-state index is 0.540. The molecule has 0 amide bonds. The highest BCUT2D eigenvalue weighted by Gasteiger charge is 2.35. The summed E-state index contributed by atoms with van der Waals surface area (Å²) >= 11 is 0. The monoisotopic (exact) mass is 274 g/mol. The first-order chi connectivity index (χ1) is 9.81. The van der Waals surface area contributed by atoms with Gasteiger partial charge in [-0.1, -0.05) is 0 Å². The predicted octanol–water partition coefficient (Wildman–Crippen LogP) is 1.83. The molecule has 1 aliphatic carbocycles. The lowest BCUT2D eigenvalue weighted by molar-refractivity contribution is 0.131. The van der Waals surface area contributed by atoms with Crippen molar-refractivity contribution in [3.63, 3.8) is 0 Å². The van der Waals surface area contributed by atoms with E-state index in [0.717, 1.165) is 5.92 Å². The summed E-state index contributed by atoms with van der Waals surface area (Å²) < 4.78 is 2.24. The van der Waals surface area contributed by atoms with Gasteiger partial charge in [-0.2, -0.15) is 0 Å². The Balaban J connectivity index is 1.56. The first kappa shape index (κ1) is 12.8. The van der Waals surface area contributed by atoms with E-state index >= 15 is 0 Å². The van der Waals surface area contributed by atoms with Crippen LogP contribution in [0, 0.1) is 5.92 Å². The molecule has 3 heterocycles. The van der Waals surface area contributed by atoms with E-state index in [9.17, 15) is 0 Å². The van der Waals surface area contributed by atoms with E-state index in [2.05, 4.69) is 21.4 Å². The highest BCUT2D eigenvalue weighted by Crippen LogP contribution is 2.36. The van der Waals surface area contributed by atoms with E-state index < -0.39 is 0 Å². The largest absolute Gasteiger partial charge is 0.337 e. The van der Waals surface area contributed by atoms with Gasteiger partial charge in [0.2, 0.25) is 0 Å². The van der Waals surface area contributed by atoms with Gasteiger partial charge < -0.3 is 9.47 Å². The lowest BCUT2D eigenvalue weighted by Gasteiger charge is -2.37. The Labute approximate surface area is 121 Å². The first-order valence-corrected chi connectivity index (χ1v) is 8.28. The molecule has 1 atom stereocenters. The molecule has 20 heavy (non-hydrogen) atoms. The quantitative estimate of drug-likeness (QED) is 0.837. The van der Waals surface area contributed by atoms with E-state index in [4.69, 9.17) is 4.98 Å². The Hall–Kier alpha value is -0.870. The summed E-state index contributed by atoms with van der Waals surface area (Å²) in [6.07, 6.45) is 8.84. The van der Waals surface area contributed by atoms with Crippen LogP contribution in [0.15, 0.2) is 6.33 Å². The van der Waals surface area contributed by atoms with Gasteiger partial charge in [0.15, 0.2) is 0 Å². The molecule has 2 aliphatic heterocycles. The fourth-order valence-corrected chi connectivity index (χ4v) is 3.90. The highest BCUT2D eigenvalue weighted by atomic mass is 15.3. The van der Waals surface area contributed by atoms with Gasteiger partial charge in [0.05, 0.1) is 18.1 Å². The topological polar surface area (TPSA) is 24.3 Å². The number of aromatic nitrogens is 2. The fourth-order valence-electron chi connectivity index (χ4n) is 3.90. The van der Waals surface area contributed by atoms with Crippen LogP contribution < -0.4 is 0 Å². The van der Waals surface area contributed by atoms with Crippen LogP contribution >= 0.6 is 0 Å². The van der Waals surface area contributed by atoms with Crippen LogP contribution in [-0.2, 0) is 13.5 Å². The third kappa shape index (κ3) is 2.40. The van der Waals surface area contributed by atoms with Crippen LogP contribution in [0.3, 0.4) is 0 Å². The van der Waals surface area contributed by atoms with E-state index in [-0.39, 0.29) is 0 Å². The van der Waals surface area contributed by atoms with E-state index in [1.54, 1.807) is 0 Å². The molecule has 0 bridgehead atoms. The van der Waals surface area contributed by atoms with Crippen molar-refractivity contribution in [1.29, 1.82) is 0 Å². The van der Waals surface area contributed by atoms with Gasteiger partial charge in [-0.25, -0.2) is 4.98 Å². The van der Waals surface area contributed by atoms with Crippen molar-refractivity contribution in [3.05, 3.63) is 17.7 Å². The smallest absolute Gasteiger partial charge is 0.0949 e. The molecule has 1 aromatic rings. The fraction of sp³-hybridized carbons (Fsp3) is 0.812. The zero-order valence-corrected chi connectivity index (χ0v) is 12.6. The van der Waals surface area contributed by atoms with Gasteiger partial charge in [-0.05, 0) is 44.7 Å². The molecule has 0 radical (unpaired) electrons. The molecule has 1 saturated heterocycles. The van der Waals surface area contributed by atoms with E-state index in [0.29, 0.717) is 6.04 Å². The van der Waals surface area contributed by atoms with Crippen molar-refractivity contribution < 1.29 is 0 Å². The molecule has 4 rings (SSSR count). The molecule has 0 spiro atoms. The molecule has 1 unspecified atom stereocenters. The Morgan fingerprint density at radius 1 is 1.15 bits per heavy atom. The summed E-state index contributed by atoms with van der Waals surface area (Å²) in [6.45, 7) is 6.29. The molecule has 0 N–H and O–H groups in total. The maximum Gasteiger partial charge on any atom is 0.0949 e. The SMILES string of the molecule is Cn1cnc2c1CCN(CC1CC1)C2CN1CCCC1. The minimum Gasteiger partial charge on any atom is -0.337 e. The minimum absolute atomic E-state index is 0.540. The van der Waals surface area contributed by atoms with Crippen LogP contribution in [-0.4, -0.2) is 52.1 Å². The summed E-state index contributed by atoms with van der Waals surface area (Å²) in [7, 11) is 2.15. The van der Waals surface area contributed by atoms with Crippen LogP contribution in [0.4, 0.5) is 0 Å². The molecule has 4 nitrogen and oxygen atoms in total. The van der Waals surface area contributed by atoms with Crippen molar-refractivity contribution in [3.8, 4) is 0 Å². The highest BCUT2D eigenvalue weighted by molar-refractivity contribution is 5.21. The number of likely N-dealkylation sites (tertiary alicyclic amines) is 1. The van der Waals surface area contributed by atoms with Crippen LogP contribution in [0.2, 0.25) is 0 Å². The molecule has 3 aliphatic rings. The number of rotatable bonds is 4. The predicted molar refractivity (Wildman–Crippen MR) is 79.6 cm³/mol. The van der Waals surface area contributed by atoms with Gasteiger partial charge in [-0.3, -0.25) is 4.90 Å². The number of aryl methyl sites for hydroxylation is 1. The average molecular weight is 274 g/mol. The average Bonchev–Trinajstić information content (AvgIpc) is 2.96. The number of hydrogen-bond acceptors (Lipinski definition) is 3. The summed E-state index contributed by atoms with van der Waals surface area (Å²) in [5.74, 6) is 0.973. The van der Waals surface area contributed by atoms with Gasteiger partial charge in [0.25, 0.3) is 0 Å². The second-order valence-electron chi connectivity index (χ2n) is 6.90. The van der Waals surface area contributed by atoms with Crippen LogP contribution in [0.25, 0.3) is 0 Å². The standard InChI is InChI=1S/C16H26N4/c1-18-12-17-16-14(18)6-9-20(10-13-4-5-13)15(16)11-19-7-2-3-8-19/h12-13,15H,2-11H2,1H3. The Morgan fingerprint density at radius 3 is 2.70 bits per heavy atom. The van der Waals surface area contributed by atoms with Crippen LogP contribution in [0.1, 0.15) is 43.1 Å². The maximum atomic E-state index is 4.75. The van der Waals surface area contributed by atoms with Gasteiger partial charge >= 0.3 is 0 Å². The number of nitrogens with zero attached hydrogens (tertiary/aromatic N) is 4. The van der Waals surface area contributed by atoms with Gasteiger partial charge in [-0.15, -0.1) is 0 Å². The van der Waals surface area contributed by atoms with E-state index in [1.165, 1.54) is 76.2 Å². The molecule has 4 heteroatoms. The van der Waals surface area contributed by atoms with Gasteiger partial charge in [0, 0.05) is 38.8 Å². The van der Waals surface area contributed by atoms with E-state index in [1.807, 2.05) is 6.33 Å². The number of hydrogen-bond donors (Lipinski definition) is 0. The second-order valence-corrected chi connectivity index (χ2v) is 6.90. The molecule has 1 aromatic heterocycles. The third-order valence-corrected chi connectivity index (χ3v) is 5.30. The first-order valence-electron chi connectivity index (χ1n) is 8.28. The molecule has 110 valence electrons. The Morgan fingerprint density at radius 2 is 1.95 bits per heavy atom. The molecule has 1 saturated carbocycles. The molecular weight excluding hydrogens is 248 g/mol. The van der Waals surface area contributed by atoms with Gasteiger partial charge in [0.1, 0.15) is 0 Å². The Bertz CT molecular complexity index is 471. The number of fused-ring (bicyclic) bond motifs is 1. The number of imidazole rings is 1. The van der Waals surface area contributed by atoms with Crippen molar-refractivity contribution in [1.82, 2.24) is 19.4 Å². The van der Waals surface area contributed by atoms with Crippen molar-refractivity contribution in [2.45, 2.75) is 38.1 Å².